The molecule has 36 heavy (non-hydrogen) atoms. The van der Waals surface area contributed by atoms with E-state index in [0.29, 0.717) is 24.0 Å². The number of nitrogens with one attached hydrogen (secondary N) is 2. The van der Waals surface area contributed by atoms with Crippen molar-refractivity contribution < 1.29 is 23.1 Å². The molecule has 1 aliphatic rings. The van der Waals surface area contributed by atoms with E-state index in [-0.39, 0.29) is 30.2 Å². The molecule has 3 aromatic carbocycles. The van der Waals surface area contributed by atoms with E-state index in [1.54, 1.807) is 36.4 Å². The van der Waals surface area contributed by atoms with Crippen molar-refractivity contribution in [1.29, 1.82) is 5.41 Å². The van der Waals surface area contributed by atoms with Crippen LogP contribution in [0, 0.1) is 11.3 Å². The average Bonchev–Trinajstić information content (AvgIpc) is 2.87. The number of nitrogens with zero attached hydrogens (tertiary/aromatic N) is 1. The number of carboxylic acid groups (broad SMARTS) is 1. The summed E-state index contributed by atoms with van der Waals surface area (Å²) in [6, 6.07) is 17.8. The second kappa shape index (κ2) is 10.5. The van der Waals surface area contributed by atoms with Crippen molar-refractivity contribution in [3.05, 3.63) is 77.9 Å². The highest BCUT2D eigenvalue weighted by Gasteiger charge is 2.33. The summed E-state index contributed by atoms with van der Waals surface area (Å²) in [5.74, 6) is -1.96. The van der Waals surface area contributed by atoms with E-state index in [9.17, 15) is 23.1 Å². The number of hydrogen-bond donors (Lipinski definition) is 4. The number of amidine groups is 1. The lowest BCUT2D eigenvalue weighted by atomic mass is 9.96. The van der Waals surface area contributed by atoms with Gasteiger partial charge in [0.25, 0.3) is 0 Å². The molecule has 3 aromatic rings. The molecule has 1 fully saturated rings. The fourth-order valence-corrected chi connectivity index (χ4v) is 5.66. The first kappa shape index (κ1) is 25.3. The molecule has 1 amide bonds. The van der Waals surface area contributed by atoms with E-state index in [2.05, 4.69) is 4.72 Å². The molecule has 1 saturated heterocycles. The van der Waals surface area contributed by atoms with Gasteiger partial charge in [0.1, 0.15) is 11.9 Å². The van der Waals surface area contributed by atoms with Gasteiger partial charge in [-0.05, 0) is 53.8 Å². The molecule has 0 saturated carbocycles. The predicted molar refractivity (Wildman–Crippen MR) is 136 cm³/mol. The smallest absolute Gasteiger partial charge is 0.306 e. The van der Waals surface area contributed by atoms with Crippen LogP contribution in [0.15, 0.2) is 71.6 Å². The number of carboxylic acids is 1. The minimum absolute atomic E-state index is 0.0427. The Labute approximate surface area is 209 Å². The molecule has 1 atom stereocenters. The van der Waals surface area contributed by atoms with Crippen LogP contribution in [0.4, 0.5) is 0 Å². The van der Waals surface area contributed by atoms with Crippen molar-refractivity contribution >= 4 is 38.5 Å². The van der Waals surface area contributed by atoms with Crippen molar-refractivity contribution in [2.24, 2.45) is 11.7 Å². The van der Waals surface area contributed by atoms with Crippen LogP contribution in [0.1, 0.15) is 24.0 Å². The normalized spacial score (nSPS) is 15.5. The Morgan fingerprint density at radius 1 is 1.03 bits per heavy atom. The van der Waals surface area contributed by atoms with Gasteiger partial charge < -0.3 is 15.7 Å². The van der Waals surface area contributed by atoms with Crippen LogP contribution in [0.3, 0.4) is 0 Å². The summed E-state index contributed by atoms with van der Waals surface area (Å²) in [5.41, 5.74) is 6.71. The Hall–Kier alpha value is -3.76. The lowest BCUT2D eigenvalue weighted by molar-refractivity contribution is -0.146. The number of rotatable bonds is 8. The number of carbonyl (C=O) groups is 2. The van der Waals surface area contributed by atoms with Crippen molar-refractivity contribution in [2.75, 3.05) is 13.1 Å². The molecule has 1 aliphatic heterocycles. The molecule has 0 aliphatic carbocycles. The zero-order chi connectivity index (χ0) is 25.9. The maximum absolute atomic E-state index is 13.5. The van der Waals surface area contributed by atoms with Gasteiger partial charge in [0.15, 0.2) is 0 Å². The first-order chi connectivity index (χ1) is 17.1. The zero-order valence-electron chi connectivity index (χ0n) is 19.6. The molecule has 0 radical (unpaired) electrons. The van der Waals surface area contributed by atoms with Crippen LogP contribution in [-0.2, 0) is 26.0 Å². The molecule has 4 rings (SSSR count). The maximum atomic E-state index is 13.5. The first-order valence-corrected chi connectivity index (χ1v) is 13.1. The summed E-state index contributed by atoms with van der Waals surface area (Å²) in [6.45, 7) is 0.467. The quantitative estimate of drug-likeness (QED) is 0.271. The van der Waals surface area contributed by atoms with Gasteiger partial charge in [-0.15, -0.1) is 0 Å². The lowest BCUT2D eigenvalue weighted by Crippen LogP contribution is -2.52. The minimum atomic E-state index is -4.06. The number of carbonyl (C=O) groups excluding carboxylic acids is 1. The van der Waals surface area contributed by atoms with Gasteiger partial charge in [-0.3, -0.25) is 15.0 Å². The monoisotopic (exact) mass is 508 g/mol. The summed E-state index contributed by atoms with van der Waals surface area (Å²) in [7, 11) is -4.06. The highest BCUT2D eigenvalue weighted by molar-refractivity contribution is 7.89. The van der Waals surface area contributed by atoms with E-state index in [1.165, 1.54) is 11.0 Å². The number of benzene rings is 3. The number of piperidine rings is 1. The Morgan fingerprint density at radius 3 is 2.39 bits per heavy atom. The van der Waals surface area contributed by atoms with Gasteiger partial charge in [-0.2, -0.15) is 4.72 Å². The van der Waals surface area contributed by atoms with Crippen LogP contribution < -0.4 is 10.5 Å². The fourth-order valence-electron chi connectivity index (χ4n) is 4.44. The fraction of sp³-hybridized carbons (Fsp3) is 0.269. The highest BCUT2D eigenvalue weighted by atomic mass is 32.2. The van der Waals surface area contributed by atoms with Crippen molar-refractivity contribution in [3.63, 3.8) is 0 Å². The number of hydrogen-bond acceptors (Lipinski definition) is 5. The third-order valence-corrected chi connectivity index (χ3v) is 7.93. The standard InChI is InChI=1S/C26H28N4O5S/c27-24(28)21-7-3-4-17(14-21)15-23(25(31)30-12-10-19(11-13-30)26(32)33)29-36(34,35)22-9-8-18-5-1-2-6-20(18)16-22/h1-9,14,16,19,23,29H,10-13,15H2,(H3,27,28)(H,32,33). The van der Waals surface area contributed by atoms with Crippen molar-refractivity contribution in [3.8, 4) is 0 Å². The van der Waals surface area contributed by atoms with Gasteiger partial charge in [0, 0.05) is 18.7 Å². The molecule has 1 unspecified atom stereocenters. The van der Waals surface area contributed by atoms with Gasteiger partial charge in [-0.25, -0.2) is 8.42 Å². The molecule has 10 heteroatoms. The molecule has 9 nitrogen and oxygen atoms in total. The first-order valence-electron chi connectivity index (χ1n) is 11.6. The molecule has 188 valence electrons. The second-order valence-electron chi connectivity index (χ2n) is 8.94. The van der Waals surface area contributed by atoms with Crippen LogP contribution in [0.25, 0.3) is 10.8 Å². The van der Waals surface area contributed by atoms with E-state index < -0.39 is 33.9 Å². The number of amides is 1. The number of likely N-dealkylation sites (tertiary alicyclic amines) is 1. The Balaban J connectivity index is 1.62. The third-order valence-electron chi connectivity index (χ3n) is 6.46. The van der Waals surface area contributed by atoms with Crippen LogP contribution in [0.5, 0.6) is 0 Å². The largest absolute Gasteiger partial charge is 0.481 e. The van der Waals surface area contributed by atoms with Crippen LogP contribution in [0.2, 0.25) is 0 Å². The molecule has 0 bridgehead atoms. The highest BCUT2D eigenvalue weighted by Crippen LogP contribution is 2.22. The summed E-state index contributed by atoms with van der Waals surface area (Å²) >= 11 is 0. The SMILES string of the molecule is N=C(N)c1cccc(CC(NS(=O)(=O)c2ccc3ccccc3c2)C(=O)N2CCC(C(=O)O)CC2)c1. The van der Waals surface area contributed by atoms with Gasteiger partial charge >= 0.3 is 5.97 Å². The summed E-state index contributed by atoms with van der Waals surface area (Å²) < 4.78 is 29.3. The molecule has 0 spiro atoms. The summed E-state index contributed by atoms with van der Waals surface area (Å²) in [4.78, 5) is 26.4. The second-order valence-corrected chi connectivity index (χ2v) is 10.7. The average molecular weight is 509 g/mol. The van der Waals surface area contributed by atoms with E-state index in [4.69, 9.17) is 11.1 Å². The summed E-state index contributed by atoms with van der Waals surface area (Å²) in [5, 5.41) is 18.6. The van der Waals surface area contributed by atoms with Crippen LogP contribution >= 0.6 is 0 Å². The molecular formula is C26H28N4O5S. The van der Waals surface area contributed by atoms with E-state index >= 15 is 0 Å². The number of nitrogens with two attached hydrogens (primary N) is 1. The number of sulfonamides is 1. The lowest BCUT2D eigenvalue weighted by Gasteiger charge is -2.33. The Bertz CT molecular complexity index is 1410. The minimum Gasteiger partial charge on any atom is -0.481 e. The molecule has 5 N–H and O–H groups in total. The Morgan fingerprint density at radius 2 is 1.72 bits per heavy atom. The number of fused-ring (bicyclic) bond motifs is 1. The maximum Gasteiger partial charge on any atom is 0.306 e. The van der Waals surface area contributed by atoms with E-state index in [1.807, 2.05) is 24.3 Å². The molecular weight excluding hydrogens is 480 g/mol. The molecule has 1 heterocycles. The molecule has 0 aromatic heterocycles. The van der Waals surface area contributed by atoms with Gasteiger partial charge in [0.2, 0.25) is 15.9 Å². The number of nitrogen functional groups attached to an aromatic ring is 1. The van der Waals surface area contributed by atoms with E-state index in [0.717, 1.165) is 10.8 Å². The summed E-state index contributed by atoms with van der Waals surface area (Å²) in [6.07, 6.45) is 0.668. The van der Waals surface area contributed by atoms with Gasteiger partial charge in [0.05, 0.1) is 10.8 Å². The topological polar surface area (TPSA) is 154 Å². The van der Waals surface area contributed by atoms with Gasteiger partial charge in [-0.1, -0.05) is 48.5 Å². The van der Waals surface area contributed by atoms with Crippen molar-refractivity contribution in [1.82, 2.24) is 9.62 Å². The number of aliphatic carboxylic acids is 1. The third kappa shape index (κ3) is 5.72. The zero-order valence-corrected chi connectivity index (χ0v) is 20.4. The Kier molecular flexibility index (Phi) is 7.37. The van der Waals surface area contributed by atoms with Crippen molar-refractivity contribution in [2.45, 2.75) is 30.2 Å². The van der Waals surface area contributed by atoms with Crippen LogP contribution in [-0.4, -0.2) is 55.3 Å². The predicted octanol–water partition coefficient (Wildman–Crippen LogP) is 2.34.